The van der Waals surface area contributed by atoms with Gasteiger partial charge >= 0.3 is 5.97 Å². The van der Waals surface area contributed by atoms with Gasteiger partial charge in [-0.15, -0.1) is 0 Å². The van der Waals surface area contributed by atoms with Crippen molar-refractivity contribution < 1.29 is 9.53 Å². The third-order valence-electron chi connectivity index (χ3n) is 2.14. The first-order valence-corrected chi connectivity index (χ1v) is 4.86. The summed E-state index contributed by atoms with van der Waals surface area (Å²) in [6.07, 6.45) is 1.80. The zero-order valence-electron chi connectivity index (χ0n) is 9.28. The molecule has 1 aromatic rings. The molecule has 0 saturated heterocycles. The molecule has 0 aromatic carbocycles. The molecule has 0 aliphatic rings. The Morgan fingerprint density at radius 2 is 2.33 bits per heavy atom. The second-order valence-electron chi connectivity index (χ2n) is 3.43. The Morgan fingerprint density at radius 3 is 2.87 bits per heavy atom. The van der Waals surface area contributed by atoms with Crippen LogP contribution in [0, 0.1) is 6.92 Å². The maximum Gasteiger partial charge on any atom is 0.322 e. The predicted octanol–water partition coefficient (Wildman–Crippen LogP) is 1.04. The fourth-order valence-corrected chi connectivity index (χ4v) is 1.13. The Morgan fingerprint density at radius 1 is 1.60 bits per heavy atom. The monoisotopic (exact) mass is 208 g/mol. The minimum Gasteiger partial charge on any atom is -0.468 e. The second kappa shape index (κ2) is 5.46. The Balaban J connectivity index is 2.43. The molecule has 4 heteroatoms. The molecule has 1 aromatic heterocycles. The van der Waals surface area contributed by atoms with Crippen molar-refractivity contribution in [2.45, 2.75) is 26.4 Å². The van der Waals surface area contributed by atoms with Crippen LogP contribution in [-0.2, 0) is 16.1 Å². The number of carbonyl (C=O) groups is 1. The number of hydrogen-bond donors (Lipinski definition) is 1. The molecular formula is C11H16N2O2. The number of aromatic nitrogens is 1. The van der Waals surface area contributed by atoms with Crippen molar-refractivity contribution in [3.63, 3.8) is 0 Å². The van der Waals surface area contributed by atoms with Crippen molar-refractivity contribution in [2.75, 3.05) is 7.11 Å². The summed E-state index contributed by atoms with van der Waals surface area (Å²) in [5, 5.41) is 3.05. The Kier molecular flexibility index (Phi) is 4.24. The highest BCUT2D eigenvalue weighted by Gasteiger charge is 2.11. The molecule has 1 rings (SSSR count). The Bertz CT molecular complexity index is 322. The summed E-state index contributed by atoms with van der Waals surface area (Å²) < 4.78 is 4.60. The molecule has 4 nitrogen and oxygen atoms in total. The van der Waals surface area contributed by atoms with E-state index in [0.29, 0.717) is 6.54 Å². The predicted molar refractivity (Wildman–Crippen MR) is 57.3 cm³/mol. The minimum atomic E-state index is -0.295. The molecule has 0 aliphatic carbocycles. The van der Waals surface area contributed by atoms with Gasteiger partial charge in [-0.2, -0.15) is 0 Å². The van der Waals surface area contributed by atoms with Crippen LogP contribution in [0.4, 0.5) is 0 Å². The normalized spacial score (nSPS) is 12.2. The van der Waals surface area contributed by atoms with Crippen molar-refractivity contribution in [1.29, 1.82) is 0 Å². The van der Waals surface area contributed by atoms with Crippen LogP contribution in [0.1, 0.15) is 18.2 Å². The van der Waals surface area contributed by atoms with Crippen molar-refractivity contribution in [2.24, 2.45) is 0 Å². The van der Waals surface area contributed by atoms with Crippen molar-refractivity contribution >= 4 is 5.97 Å². The molecule has 0 fully saturated rings. The maximum absolute atomic E-state index is 11.1. The van der Waals surface area contributed by atoms with E-state index in [-0.39, 0.29) is 12.0 Å². The first-order valence-electron chi connectivity index (χ1n) is 4.86. The van der Waals surface area contributed by atoms with E-state index in [1.54, 1.807) is 13.1 Å². The van der Waals surface area contributed by atoms with E-state index < -0.39 is 0 Å². The van der Waals surface area contributed by atoms with Crippen LogP contribution in [0.5, 0.6) is 0 Å². The van der Waals surface area contributed by atoms with Gasteiger partial charge in [0.15, 0.2) is 0 Å². The third kappa shape index (κ3) is 3.67. The molecule has 0 radical (unpaired) electrons. The lowest BCUT2D eigenvalue weighted by Crippen LogP contribution is -2.34. The van der Waals surface area contributed by atoms with Gasteiger partial charge in [0.25, 0.3) is 0 Å². The number of aryl methyl sites for hydroxylation is 1. The van der Waals surface area contributed by atoms with Crippen LogP contribution in [0.15, 0.2) is 18.3 Å². The fraction of sp³-hybridized carbons (Fsp3) is 0.455. The van der Waals surface area contributed by atoms with Gasteiger partial charge in [-0.1, -0.05) is 6.07 Å². The van der Waals surface area contributed by atoms with Gasteiger partial charge in [0.2, 0.25) is 0 Å². The Hall–Kier alpha value is -1.42. The highest BCUT2D eigenvalue weighted by atomic mass is 16.5. The lowest BCUT2D eigenvalue weighted by atomic mass is 10.2. The number of hydrogen-bond acceptors (Lipinski definition) is 4. The van der Waals surface area contributed by atoms with Crippen LogP contribution >= 0.6 is 0 Å². The lowest BCUT2D eigenvalue weighted by molar-refractivity contribution is -0.142. The first-order chi connectivity index (χ1) is 7.13. The van der Waals surface area contributed by atoms with Crippen LogP contribution in [0.3, 0.4) is 0 Å². The number of nitrogens with zero attached hydrogens (tertiary/aromatic N) is 1. The molecule has 0 bridgehead atoms. The number of carbonyl (C=O) groups excluding carboxylic acids is 1. The van der Waals surface area contributed by atoms with Crippen LogP contribution in [-0.4, -0.2) is 24.1 Å². The quantitative estimate of drug-likeness (QED) is 0.751. The summed E-state index contributed by atoms with van der Waals surface area (Å²) in [4.78, 5) is 15.3. The highest BCUT2D eigenvalue weighted by Crippen LogP contribution is 1.99. The van der Waals surface area contributed by atoms with E-state index in [0.717, 1.165) is 11.3 Å². The van der Waals surface area contributed by atoms with E-state index in [1.165, 1.54) is 7.11 Å². The smallest absolute Gasteiger partial charge is 0.322 e. The van der Waals surface area contributed by atoms with Gasteiger partial charge in [-0.25, -0.2) is 0 Å². The van der Waals surface area contributed by atoms with E-state index in [9.17, 15) is 4.79 Å². The number of nitrogens with one attached hydrogen (secondary N) is 1. The number of ether oxygens (including phenoxy) is 1. The largest absolute Gasteiger partial charge is 0.468 e. The molecule has 82 valence electrons. The van der Waals surface area contributed by atoms with E-state index in [2.05, 4.69) is 15.0 Å². The van der Waals surface area contributed by atoms with E-state index >= 15 is 0 Å². The van der Waals surface area contributed by atoms with Gasteiger partial charge in [-0.3, -0.25) is 9.78 Å². The van der Waals surface area contributed by atoms with Crippen LogP contribution in [0.2, 0.25) is 0 Å². The van der Waals surface area contributed by atoms with Gasteiger partial charge in [-0.05, 0) is 25.5 Å². The molecule has 1 atom stereocenters. The molecule has 0 aliphatic heterocycles. The van der Waals surface area contributed by atoms with Gasteiger partial charge in [0, 0.05) is 18.4 Å². The third-order valence-corrected chi connectivity index (χ3v) is 2.14. The molecule has 15 heavy (non-hydrogen) atoms. The SMILES string of the molecule is COC(=O)[C@H](C)NCc1ccc(C)nc1. The molecule has 0 amide bonds. The van der Waals surface area contributed by atoms with Crippen LogP contribution in [0.25, 0.3) is 0 Å². The summed E-state index contributed by atoms with van der Waals surface area (Å²) in [5.41, 5.74) is 2.04. The van der Waals surface area contributed by atoms with Gasteiger partial charge in [0.05, 0.1) is 7.11 Å². The highest BCUT2D eigenvalue weighted by molar-refractivity contribution is 5.75. The van der Waals surface area contributed by atoms with Crippen LogP contribution < -0.4 is 5.32 Å². The average Bonchev–Trinajstić information content (AvgIpc) is 2.26. The summed E-state index contributed by atoms with van der Waals surface area (Å²) in [5.74, 6) is -0.255. The average molecular weight is 208 g/mol. The number of pyridine rings is 1. The molecule has 1 heterocycles. The standard InChI is InChI=1S/C11H16N2O2/c1-8-4-5-10(6-12-8)7-13-9(2)11(14)15-3/h4-6,9,13H,7H2,1-3H3/t9-/m0/s1. The number of methoxy groups -OCH3 is 1. The van der Waals surface area contributed by atoms with E-state index in [4.69, 9.17) is 0 Å². The molecular weight excluding hydrogens is 192 g/mol. The molecule has 0 saturated carbocycles. The number of esters is 1. The minimum absolute atomic E-state index is 0.255. The zero-order valence-corrected chi connectivity index (χ0v) is 9.28. The molecule has 0 spiro atoms. The molecule has 0 unspecified atom stereocenters. The topological polar surface area (TPSA) is 51.2 Å². The Labute approximate surface area is 89.7 Å². The van der Waals surface area contributed by atoms with Crippen molar-refractivity contribution in [3.8, 4) is 0 Å². The second-order valence-corrected chi connectivity index (χ2v) is 3.43. The van der Waals surface area contributed by atoms with Gasteiger partial charge < -0.3 is 10.1 Å². The van der Waals surface area contributed by atoms with Crippen molar-refractivity contribution in [1.82, 2.24) is 10.3 Å². The summed E-state index contributed by atoms with van der Waals surface area (Å²) in [6.45, 7) is 4.32. The lowest BCUT2D eigenvalue weighted by Gasteiger charge is -2.11. The maximum atomic E-state index is 11.1. The summed E-state index contributed by atoms with van der Waals surface area (Å²) in [6, 6.07) is 3.63. The zero-order chi connectivity index (χ0) is 11.3. The molecule has 1 N–H and O–H groups in total. The first kappa shape index (κ1) is 11.7. The summed E-state index contributed by atoms with van der Waals surface area (Å²) >= 11 is 0. The number of rotatable bonds is 4. The fourth-order valence-electron chi connectivity index (χ4n) is 1.13. The van der Waals surface area contributed by atoms with E-state index in [1.807, 2.05) is 19.1 Å². The van der Waals surface area contributed by atoms with Crippen molar-refractivity contribution in [3.05, 3.63) is 29.6 Å². The van der Waals surface area contributed by atoms with Gasteiger partial charge in [0.1, 0.15) is 6.04 Å². The summed E-state index contributed by atoms with van der Waals surface area (Å²) in [7, 11) is 1.38.